The summed E-state index contributed by atoms with van der Waals surface area (Å²) >= 11 is 10.0. The fraction of sp³-hybridized carbons (Fsp3) is 0.321. The first-order chi connectivity index (χ1) is 17.5. The third-order valence-corrected chi connectivity index (χ3v) is 7.79. The highest BCUT2D eigenvalue weighted by atomic mass is 79.9. The zero-order chi connectivity index (χ0) is 25.1. The van der Waals surface area contributed by atoms with Crippen LogP contribution in [0.5, 0.6) is 0 Å². The first-order valence-corrected chi connectivity index (χ1v) is 13.6. The van der Waals surface area contributed by atoms with Crippen molar-refractivity contribution in [3.63, 3.8) is 0 Å². The van der Waals surface area contributed by atoms with E-state index in [2.05, 4.69) is 45.4 Å². The highest BCUT2D eigenvalue weighted by Gasteiger charge is 2.28. The number of likely N-dealkylation sites (tertiary alicyclic amines) is 1. The molecule has 36 heavy (non-hydrogen) atoms. The Kier molecular flexibility index (Phi) is 7.58. The number of aromatic nitrogens is 3. The van der Waals surface area contributed by atoms with Crippen LogP contribution in [-0.2, 0) is 11.2 Å². The molecule has 1 saturated heterocycles. The normalized spacial score (nSPS) is 15.2. The maximum atomic E-state index is 13.3. The Morgan fingerprint density at radius 2 is 1.86 bits per heavy atom. The number of carbonyl (C=O) groups is 1. The number of benzene rings is 2. The van der Waals surface area contributed by atoms with Crippen LogP contribution in [0.15, 0.2) is 71.3 Å². The largest absolute Gasteiger partial charge is 0.367 e. The minimum Gasteiger partial charge on any atom is -0.367 e. The van der Waals surface area contributed by atoms with Crippen molar-refractivity contribution in [1.82, 2.24) is 19.5 Å². The Labute approximate surface area is 224 Å². The van der Waals surface area contributed by atoms with Crippen molar-refractivity contribution >= 4 is 44.9 Å². The number of rotatable bonds is 7. The predicted octanol–water partition coefficient (Wildman–Crippen LogP) is 6.48. The molecule has 1 atom stereocenters. The Morgan fingerprint density at radius 1 is 1.14 bits per heavy atom. The lowest BCUT2D eigenvalue weighted by atomic mass is 9.94. The highest BCUT2D eigenvalue weighted by Crippen LogP contribution is 2.31. The number of halogens is 2. The second-order valence-electron chi connectivity index (χ2n) is 9.27. The molecule has 3 heterocycles. The molecule has 4 aromatic rings. The van der Waals surface area contributed by atoms with E-state index >= 15 is 0 Å². The minimum atomic E-state index is 0.0244. The molecule has 1 fully saturated rings. The maximum Gasteiger partial charge on any atom is 0.226 e. The van der Waals surface area contributed by atoms with Crippen LogP contribution in [0, 0.1) is 5.92 Å². The third-order valence-electron chi connectivity index (χ3n) is 6.90. The number of hydrogen-bond acceptors (Lipinski definition) is 4. The first kappa shape index (κ1) is 24.8. The van der Waals surface area contributed by atoms with Crippen LogP contribution in [0.4, 0.5) is 5.82 Å². The summed E-state index contributed by atoms with van der Waals surface area (Å²) < 4.78 is 2.64. The number of nitrogens with one attached hydrogen (secondary N) is 1. The predicted molar refractivity (Wildman–Crippen MR) is 148 cm³/mol. The zero-order valence-corrected chi connectivity index (χ0v) is 22.5. The van der Waals surface area contributed by atoms with E-state index < -0.39 is 0 Å². The van der Waals surface area contributed by atoms with Crippen molar-refractivity contribution in [3.8, 4) is 11.3 Å². The van der Waals surface area contributed by atoms with E-state index in [9.17, 15) is 4.79 Å². The molecule has 1 aliphatic heterocycles. The van der Waals surface area contributed by atoms with Gasteiger partial charge in [0.25, 0.3) is 0 Å². The molecule has 0 radical (unpaired) electrons. The molecule has 1 amide bonds. The van der Waals surface area contributed by atoms with Crippen LogP contribution in [-0.4, -0.2) is 44.5 Å². The molecule has 1 aliphatic rings. The summed E-state index contributed by atoms with van der Waals surface area (Å²) in [6.07, 6.45) is 5.15. The van der Waals surface area contributed by atoms with Crippen LogP contribution in [0.3, 0.4) is 0 Å². The number of hydrogen-bond donors (Lipinski definition) is 1. The fourth-order valence-electron chi connectivity index (χ4n) is 4.86. The number of fused-ring (bicyclic) bond motifs is 1. The first-order valence-electron chi connectivity index (χ1n) is 12.4. The van der Waals surface area contributed by atoms with Crippen molar-refractivity contribution in [1.29, 1.82) is 0 Å². The van der Waals surface area contributed by atoms with E-state index in [1.54, 1.807) is 6.20 Å². The van der Waals surface area contributed by atoms with Gasteiger partial charge in [0.05, 0.1) is 16.4 Å². The van der Waals surface area contributed by atoms with E-state index in [1.165, 1.54) is 5.56 Å². The van der Waals surface area contributed by atoms with E-state index in [0.717, 1.165) is 66.0 Å². The lowest BCUT2D eigenvalue weighted by molar-refractivity contribution is -0.136. The third kappa shape index (κ3) is 5.27. The van der Waals surface area contributed by atoms with E-state index in [1.807, 2.05) is 57.9 Å². The van der Waals surface area contributed by atoms with Gasteiger partial charge < -0.3 is 10.2 Å². The second-order valence-corrected chi connectivity index (χ2v) is 10.5. The van der Waals surface area contributed by atoms with Crippen LogP contribution >= 0.6 is 27.5 Å². The number of carbonyl (C=O) groups excluding carboxylic acids is 1. The van der Waals surface area contributed by atoms with Gasteiger partial charge in [-0.2, -0.15) is 9.61 Å². The van der Waals surface area contributed by atoms with Crippen molar-refractivity contribution in [2.24, 2.45) is 5.92 Å². The monoisotopic (exact) mass is 565 g/mol. The Morgan fingerprint density at radius 3 is 2.58 bits per heavy atom. The molecular weight excluding hydrogens is 538 g/mol. The van der Waals surface area contributed by atoms with Gasteiger partial charge in [0.15, 0.2) is 5.65 Å². The molecule has 6 nitrogen and oxygen atoms in total. The molecule has 8 heteroatoms. The van der Waals surface area contributed by atoms with Gasteiger partial charge in [0, 0.05) is 41.7 Å². The minimum absolute atomic E-state index is 0.0244. The van der Waals surface area contributed by atoms with Gasteiger partial charge in [-0.05, 0) is 53.2 Å². The van der Waals surface area contributed by atoms with Crippen molar-refractivity contribution in [2.75, 3.05) is 18.4 Å². The average Bonchev–Trinajstić information content (AvgIpc) is 3.29. The van der Waals surface area contributed by atoms with Crippen molar-refractivity contribution < 1.29 is 4.79 Å². The number of anilines is 1. The summed E-state index contributed by atoms with van der Waals surface area (Å²) in [7, 11) is 0. The van der Waals surface area contributed by atoms with Crippen LogP contribution < -0.4 is 5.32 Å². The van der Waals surface area contributed by atoms with E-state index in [0.29, 0.717) is 5.02 Å². The number of amides is 1. The van der Waals surface area contributed by atoms with Gasteiger partial charge in [-0.1, -0.05) is 67.1 Å². The molecule has 186 valence electrons. The molecule has 0 aliphatic carbocycles. The summed E-state index contributed by atoms with van der Waals surface area (Å²) in [4.78, 5) is 20.1. The second kappa shape index (κ2) is 11.0. The van der Waals surface area contributed by atoms with Gasteiger partial charge in [0.1, 0.15) is 5.82 Å². The van der Waals surface area contributed by atoms with Crippen molar-refractivity contribution in [2.45, 2.75) is 38.6 Å². The Bertz CT molecular complexity index is 1350. The van der Waals surface area contributed by atoms with Crippen molar-refractivity contribution in [3.05, 3.63) is 81.9 Å². The number of nitrogens with zero attached hydrogens (tertiary/aromatic N) is 4. The molecule has 1 unspecified atom stereocenters. The standard InChI is InChI=1S/C28H29BrClN5O/c1-2-20(16-19-8-4-3-5-9-19)28(36)34-14-12-21(13-15-34)32-26-17-25(22-10-6-7-11-24(22)30)33-27-23(29)18-31-35(26)27/h3-11,17-18,20-21,32H,2,12-16H2,1H3. The van der Waals surface area contributed by atoms with Crippen LogP contribution in [0.2, 0.25) is 5.02 Å². The SMILES string of the molecule is CCC(Cc1ccccc1)C(=O)N1CCC(Nc2cc(-c3ccccc3Cl)nc3c(Br)cnn23)CC1. The highest BCUT2D eigenvalue weighted by molar-refractivity contribution is 9.10. The van der Waals surface area contributed by atoms with Crippen LogP contribution in [0.25, 0.3) is 16.9 Å². The molecule has 0 spiro atoms. The summed E-state index contributed by atoms with van der Waals surface area (Å²) in [5.41, 5.74) is 3.61. The summed E-state index contributed by atoms with van der Waals surface area (Å²) in [5.74, 6) is 1.15. The molecule has 2 aromatic carbocycles. The quantitative estimate of drug-likeness (QED) is 0.278. The van der Waals surface area contributed by atoms with Crippen LogP contribution in [0.1, 0.15) is 31.7 Å². The van der Waals surface area contributed by atoms with E-state index in [4.69, 9.17) is 16.6 Å². The summed E-state index contributed by atoms with van der Waals surface area (Å²) in [6, 6.07) is 20.2. The number of piperidine rings is 1. The lowest BCUT2D eigenvalue weighted by Crippen LogP contribution is -2.45. The molecule has 0 saturated carbocycles. The maximum absolute atomic E-state index is 13.3. The van der Waals surface area contributed by atoms with Gasteiger partial charge in [-0.3, -0.25) is 4.79 Å². The topological polar surface area (TPSA) is 62.5 Å². The molecule has 0 bridgehead atoms. The Balaban J connectivity index is 1.29. The molecule has 5 rings (SSSR count). The molecule has 2 aromatic heterocycles. The fourth-order valence-corrected chi connectivity index (χ4v) is 5.44. The molecule has 1 N–H and O–H groups in total. The van der Waals surface area contributed by atoms with Gasteiger partial charge in [-0.15, -0.1) is 0 Å². The smallest absolute Gasteiger partial charge is 0.226 e. The Hall–Kier alpha value is -2.90. The zero-order valence-electron chi connectivity index (χ0n) is 20.2. The van der Waals surface area contributed by atoms with Gasteiger partial charge >= 0.3 is 0 Å². The summed E-state index contributed by atoms with van der Waals surface area (Å²) in [6.45, 7) is 3.60. The lowest BCUT2D eigenvalue weighted by Gasteiger charge is -2.35. The molecular formula is C28H29BrClN5O. The van der Waals surface area contributed by atoms with Gasteiger partial charge in [0.2, 0.25) is 5.91 Å². The van der Waals surface area contributed by atoms with E-state index in [-0.39, 0.29) is 17.9 Å². The summed E-state index contributed by atoms with van der Waals surface area (Å²) in [5, 5.41) is 8.83. The average molecular weight is 567 g/mol. The van der Waals surface area contributed by atoms with Gasteiger partial charge in [-0.25, -0.2) is 4.98 Å².